The average Bonchev–Trinajstić information content (AvgIpc) is 2.73. The number of benzene rings is 1. The summed E-state index contributed by atoms with van der Waals surface area (Å²) in [6, 6.07) is 6.89. The molecule has 0 aliphatic carbocycles. The predicted molar refractivity (Wildman–Crippen MR) is 88.9 cm³/mol. The zero-order chi connectivity index (χ0) is 15.4. The average molecular weight is 306 g/mol. The lowest BCUT2D eigenvalue weighted by Gasteiger charge is -2.20. The van der Waals surface area contributed by atoms with Gasteiger partial charge in [0.05, 0.1) is 23.0 Å². The molecule has 0 amide bonds. The number of halogens is 1. The van der Waals surface area contributed by atoms with Crippen molar-refractivity contribution in [2.45, 2.75) is 39.7 Å². The van der Waals surface area contributed by atoms with Crippen molar-refractivity contribution in [3.05, 3.63) is 51.8 Å². The number of hydrogen-bond acceptors (Lipinski definition) is 2. The largest absolute Gasteiger partial charge is 0.308 e. The second-order valence-corrected chi connectivity index (χ2v) is 6.12. The molecule has 0 bridgehead atoms. The van der Waals surface area contributed by atoms with Gasteiger partial charge in [-0.05, 0) is 38.8 Å². The summed E-state index contributed by atoms with van der Waals surface area (Å²) in [5, 5.41) is 8.59. The second-order valence-electron chi connectivity index (χ2n) is 5.71. The van der Waals surface area contributed by atoms with Gasteiger partial charge < -0.3 is 5.32 Å². The van der Waals surface area contributed by atoms with Gasteiger partial charge in [0.25, 0.3) is 0 Å². The first-order valence-electron chi connectivity index (χ1n) is 7.49. The molecule has 114 valence electrons. The topological polar surface area (TPSA) is 29.9 Å². The summed E-state index contributed by atoms with van der Waals surface area (Å²) >= 11 is 6.32. The van der Waals surface area contributed by atoms with E-state index in [1.807, 2.05) is 11.7 Å². The number of aromatic nitrogens is 2. The Balaban J connectivity index is 2.28. The molecule has 4 heteroatoms. The van der Waals surface area contributed by atoms with Crippen molar-refractivity contribution in [1.82, 2.24) is 15.1 Å². The number of aryl methyl sites for hydroxylation is 3. The Morgan fingerprint density at radius 3 is 2.43 bits per heavy atom. The van der Waals surface area contributed by atoms with Crippen LogP contribution >= 0.6 is 11.6 Å². The van der Waals surface area contributed by atoms with Crippen molar-refractivity contribution >= 4 is 11.6 Å². The molecule has 0 saturated heterocycles. The first-order valence-corrected chi connectivity index (χ1v) is 7.87. The molecule has 3 nitrogen and oxygen atoms in total. The molecule has 21 heavy (non-hydrogen) atoms. The van der Waals surface area contributed by atoms with Crippen molar-refractivity contribution in [3.8, 4) is 0 Å². The van der Waals surface area contributed by atoms with E-state index in [2.05, 4.69) is 49.4 Å². The summed E-state index contributed by atoms with van der Waals surface area (Å²) < 4.78 is 1.87. The minimum Gasteiger partial charge on any atom is -0.308 e. The smallest absolute Gasteiger partial charge is 0.0834 e. The van der Waals surface area contributed by atoms with Crippen LogP contribution in [-0.4, -0.2) is 16.3 Å². The molecule has 1 N–H and O–H groups in total. The first kappa shape index (κ1) is 16.1. The van der Waals surface area contributed by atoms with Gasteiger partial charge in [-0.2, -0.15) is 5.10 Å². The lowest BCUT2D eigenvalue weighted by Crippen LogP contribution is -2.26. The van der Waals surface area contributed by atoms with Gasteiger partial charge in [-0.3, -0.25) is 4.68 Å². The van der Waals surface area contributed by atoms with Gasteiger partial charge in [0.2, 0.25) is 0 Å². The summed E-state index contributed by atoms with van der Waals surface area (Å²) in [4.78, 5) is 0. The number of rotatable bonds is 6. The molecule has 0 aliphatic heterocycles. The summed E-state index contributed by atoms with van der Waals surface area (Å²) in [7, 11) is 1.95. The van der Waals surface area contributed by atoms with Crippen LogP contribution in [0.5, 0.6) is 0 Å². The maximum absolute atomic E-state index is 6.32. The SMILES string of the molecule is CCCNC(Cc1cc(C)cc(C)c1)c1c(Cl)cnn1C. The van der Waals surface area contributed by atoms with Gasteiger partial charge in [0, 0.05) is 7.05 Å². The van der Waals surface area contributed by atoms with Crippen LogP contribution in [0.4, 0.5) is 0 Å². The third-order valence-corrected chi connectivity index (χ3v) is 3.92. The van der Waals surface area contributed by atoms with Crippen molar-refractivity contribution in [3.63, 3.8) is 0 Å². The molecule has 1 aromatic carbocycles. The van der Waals surface area contributed by atoms with E-state index in [-0.39, 0.29) is 6.04 Å². The molecule has 0 aliphatic rings. The van der Waals surface area contributed by atoms with Crippen molar-refractivity contribution in [2.24, 2.45) is 7.05 Å². The Bertz CT molecular complexity index is 564. The maximum atomic E-state index is 6.32. The quantitative estimate of drug-likeness (QED) is 0.875. The Labute approximate surface area is 132 Å². The maximum Gasteiger partial charge on any atom is 0.0834 e. The zero-order valence-electron chi connectivity index (χ0n) is 13.3. The highest BCUT2D eigenvalue weighted by molar-refractivity contribution is 6.31. The van der Waals surface area contributed by atoms with Crippen LogP contribution in [-0.2, 0) is 13.5 Å². The Hall–Kier alpha value is -1.32. The molecule has 0 spiro atoms. The van der Waals surface area contributed by atoms with Crippen LogP contribution < -0.4 is 5.32 Å². The molecule has 0 fully saturated rings. The normalized spacial score (nSPS) is 12.6. The van der Waals surface area contributed by atoms with Gasteiger partial charge in [0.15, 0.2) is 0 Å². The number of hydrogen-bond donors (Lipinski definition) is 1. The van der Waals surface area contributed by atoms with Crippen LogP contribution in [0, 0.1) is 13.8 Å². The highest BCUT2D eigenvalue weighted by Crippen LogP contribution is 2.26. The molecule has 0 radical (unpaired) electrons. The fraction of sp³-hybridized carbons (Fsp3) is 0.471. The highest BCUT2D eigenvalue weighted by Gasteiger charge is 2.19. The molecule has 1 aromatic heterocycles. The molecule has 1 atom stereocenters. The van der Waals surface area contributed by atoms with Crippen molar-refractivity contribution in [1.29, 1.82) is 0 Å². The first-order chi connectivity index (χ1) is 10.0. The summed E-state index contributed by atoms with van der Waals surface area (Å²) in [6.07, 6.45) is 3.74. The van der Waals surface area contributed by atoms with Crippen molar-refractivity contribution in [2.75, 3.05) is 6.54 Å². The number of nitrogens with one attached hydrogen (secondary N) is 1. The van der Waals surface area contributed by atoms with Crippen LogP contribution in [0.2, 0.25) is 5.02 Å². The van der Waals surface area contributed by atoms with Gasteiger partial charge >= 0.3 is 0 Å². The standard InChI is InChI=1S/C17H24ClN3/c1-5-6-19-16(17-15(18)11-20-21(17)4)10-14-8-12(2)7-13(3)9-14/h7-9,11,16,19H,5-6,10H2,1-4H3. The van der Waals surface area contributed by atoms with E-state index >= 15 is 0 Å². The molecular formula is C17H24ClN3. The molecular weight excluding hydrogens is 282 g/mol. The molecule has 2 aromatic rings. The predicted octanol–water partition coefficient (Wildman–Crippen LogP) is 3.97. The fourth-order valence-electron chi connectivity index (χ4n) is 2.82. The van der Waals surface area contributed by atoms with Crippen LogP contribution in [0.1, 0.15) is 41.8 Å². The Morgan fingerprint density at radius 2 is 1.90 bits per heavy atom. The monoisotopic (exact) mass is 305 g/mol. The van der Waals surface area contributed by atoms with Crippen LogP contribution in [0.3, 0.4) is 0 Å². The highest BCUT2D eigenvalue weighted by atomic mass is 35.5. The van der Waals surface area contributed by atoms with Gasteiger partial charge in [-0.1, -0.05) is 47.9 Å². The summed E-state index contributed by atoms with van der Waals surface area (Å²) in [5.74, 6) is 0. The van der Waals surface area contributed by atoms with Gasteiger partial charge in [-0.15, -0.1) is 0 Å². The van der Waals surface area contributed by atoms with E-state index in [1.165, 1.54) is 16.7 Å². The van der Waals surface area contributed by atoms with E-state index in [0.717, 1.165) is 30.1 Å². The molecule has 0 saturated carbocycles. The van der Waals surface area contributed by atoms with Gasteiger partial charge in [0.1, 0.15) is 0 Å². The zero-order valence-corrected chi connectivity index (χ0v) is 14.0. The van der Waals surface area contributed by atoms with Crippen LogP contribution in [0.25, 0.3) is 0 Å². The van der Waals surface area contributed by atoms with E-state index in [9.17, 15) is 0 Å². The Morgan fingerprint density at radius 1 is 1.24 bits per heavy atom. The van der Waals surface area contributed by atoms with Crippen LogP contribution in [0.15, 0.2) is 24.4 Å². The summed E-state index contributed by atoms with van der Waals surface area (Å²) in [6.45, 7) is 7.42. The molecule has 2 rings (SSSR count). The molecule has 1 heterocycles. The third-order valence-electron chi connectivity index (χ3n) is 3.63. The van der Waals surface area contributed by atoms with E-state index in [0.29, 0.717) is 0 Å². The van der Waals surface area contributed by atoms with E-state index < -0.39 is 0 Å². The third kappa shape index (κ3) is 4.08. The van der Waals surface area contributed by atoms with Crippen molar-refractivity contribution < 1.29 is 0 Å². The second kappa shape index (κ2) is 7.10. The van der Waals surface area contributed by atoms with Gasteiger partial charge in [-0.25, -0.2) is 0 Å². The lowest BCUT2D eigenvalue weighted by atomic mass is 9.99. The minimum absolute atomic E-state index is 0.186. The van der Waals surface area contributed by atoms with E-state index in [1.54, 1.807) is 6.20 Å². The summed E-state index contributed by atoms with van der Waals surface area (Å²) in [5.41, 5.74) is 4.99. The van der Waals surface area contributed by atoms with E-state index in [4.69, 9.17) is 11.6 Å². The Kier molecular flexibility index (Phi) is 5.43. The minimum atomic E-state index is 0.186. The molecule has 1 unspecified atom stereocenters. The lowest BCUT2D eigenvalue weighted by molar-refractivity contribution is 0.493. The fourth-order valence-corrected chi connectivity index (χ4v) is 3.12. The number of nitrogens with zero attached hydrogens (tertiary/aromatic N) is 2.